The molecule has 128 valence electrons. The summed E-state index contributed by atoms with van der Waals surface area (Å²) in [6.45, 7) is 2.57. The summed E-state index contributed by atoms with van der Waals surface area (Å²) in [6, 6.07) is 13.5. The zero-order valence-electron chi connectivity index (χ0n) is 13.9. The third kappa shape index (κ3) is 4.43. The highest BCUT2D eigenvalue weighted by Gasteiger charge is 2.31. The number of ether oxygens (including phenoxy) is 1. The maximum atomic E-state index is 12.0. The normalized spacial score (nSPS) is 13.1. The molecule has 0 aliphatic heterocycles. The molecule has 2 amide bonds. The number of rotatable bonds is 7. The Labute approximate surface area is 146 Å². The zero-order chi connectivity index (χ0) is 17.4. The number of nitrogens with one attached hydrogen (secondary N) is 2. The molecule has 6 heteroatoms. The van der Waals surface area contributed by atoms with Crippen molar-refractivity contribution in [3.05, 3.63) is 58.3 Å². The third-order valence-electron chi connectivity index (χ3n) is 4.01. The maximum absolute atomic E-state index is 12.0. The highest BCUT2D eigenvalue weighted by Crippen LogP contribution is 2.27. The third-order valence-corrected chi connectivity index (χ3v) is 4.88. The molecule has 0 spiro atoms. The second-order valence-corrected chi connectivity index (χ2v) is 6.39. The van der Waals surface area contributed by atoms with Crippen LogP contribution in [0.25, 0.3) is 0 Å². The Bertz CT molecular complexity index is 652. The van der Waals surface area contributed by atoms with Crippen molar-refractivity contribution in [1.29, 1.82) is 0 Å². The van der Waals surface area contributed by atoms with Gasteiger partial charge in [-0.15, -0.1) is 11.3 Å². The Balaban J connectivity index is 1.93. The molecule has 5 nitrogen and oxygen atoms in total. The minimum absolute atomic E-state index is 0.231. The number of amides is 2. The van der Waals surface area contributed by atoms with Crippen LogP contribution in [0.5, 0.6) is 0 Å². The van der Waals surface area contributed by atoms with Gasteiger partial charge in [-0.05, 0) is 23.4 Å². The van der Waals surface area contributed by atoms with Crippen LogP contribution >= 0.6 is 11.3 Å². The molecule has 1 aromatic carbocycles. The van der Waals surface area contributed by atoms with Crippen molar-refractivity contribution < 1.29 is 14.3 Å². The van der Waals surface area contributed by atoms with Crippen LogP contribution in [0.4, 0.5) is 0 Å². The molecule has 0 fully saturated rings. The Kier molecular flexibility index (Phi) is 6.52. The number of hydrogen-bond acceptors (Lipinski definition) is 4. The quantitative estimate of drug-likeness (QED) is 0.757. The van der Waals surface area contributed by atoms with Crippen molar-refractivity contribution >= 4 is 23.2 Å². The van der Waals surface area contributed by atoms with Gasteiger partial charge in [0.05, 0.1) is 13.1 Å². The first-order chi connectivity index (χ1) is 11.6. The number of carbonyl (C=O) groups is 2. The summed E-state index contributed by atoms with van der Waals surface area (Å²) in [7, 11) is 1.61. The van der Waals surface area contributed by atoms with E-state index in [1.165, 1.54) is 11.3 Å². The monoisotopic (exact) mass is 346 g/mol. The summed E-state index contributed by atoms with van der Waals surface area (Å²) in [5.74, 6) is -1.30. The summed E-state index contributed by atoms with van der Waals surface area (Å²) in [4.78, 5) is 24.9. The van der Waals surface area contributed by atoms with E-state index in [9.17, 15) is 9.59 Å². The van der Waals surface area contributed by atoms with Gasteiger partial charge in [-0.3, -0.25) is 9.59 Å². The van der Waals surface area contributed by atoms with Crippen LogP contribution in [0.1, 0.15) is 23.8 Å². The average Bonchev–Trinajstić information content (AvgIpc) is 3.15. The van der Waals surface area contributed by atoms with Crippen LogP contribution in [-0.2, 0) is 26.5 Å². The second-order valence-electron chi connectivity index (χ2n) is 5.36. The highest BCUT2D eigenvalue weighted by atomic mass is 32.1. The van der Waals surface area contributed by atoms with Gasteiger partial charge in [0.1, 0.15) is 5.60 Å². The average molecular weight is 346 g/mol. The summed E-state index contributed by atoms with van der Waals surface area (Å²) in [5.41, 5.74) is 0.319. The van der Waals surface area contributed by atoms with Gasteiger partial charge >= 0.3 is 11.8 Å². The second kappa shape index (κ2) is 8.61. The maximum Gasteiger partial charge on any atom is 0.309 e. The van der Waals surface area contributed by atoms with E-state index < -0.39 is 17.4 Å². The van der Waals surface area contributed by atoms with Gasteiger partial charge in [0.25, 0.3) is 0 Å². The van der Waals surface area contributed by atoms with E-state index >= 15 is 0 Å². The zero-order valence-corrected chi connectivity index (χ0v) is 14.7. The summed E-state index contributed by atoms with van der Waals surface area (Å²) >= 11 is 1.53. The molecule has 2 aromatic rings. The first kappa shape index (κ1) is 18.2. The Morgan fingerprint density at radius 2 is 1.79 bits per heavy atom. The molecule has 0 unspecified atom stereocenters. The fourth-order valence-electron chi connectivity index (χ4n) is 2.47. The number of hydrogen-bond donors (Lipinski definition) is 2. The first-order valence-electron chi connectivity index (χ1n) is 7.80. The predicted molar refractivity (Wildman–Crippen MR) is 94.6 cm³/mol. The van der Waals surface area contributed by atoms with Crippen molar-refractivity contribution in [2.24, 2.45) is 0 Å². The van der Waals surface area contributed by atoms with Gasteiger partial charge in [-0.25, -0.2) is 0 Å². The molecular weight excluding hydrogens is 324 g/mol. The van der Waals surface area contributed by atoms with E-state index in [1.807, 2.05) is 54.8 Å². The SMILES string of the molecule is CC[C@@](CNC(=O)C(=O)NCc1cccs1)(OC)c1ccccc1. The summed E-state index contributed by atoms with van der Waals surface area (Å²) in [6.07, 6.45) is 0.671. The van der Waals surface area contributed by atoms with Gasteiger partial charge in [0, 0.05) is 12.0 Å². The number of methoxy groups -OCH3 is 1. The van der Waals surface area contributed by atoms with Crippen LogP contribution in [0.2, 0.25) is 0 Å². The fraction of sp³-hybridized carbons (Fsp3) is 0.333. The molecule has 24 heavy (non-hydrogen) atoms. The van der Waals surface area contributed by atoms with E-state index in [1.54, 1.807) is 7.11 Å². The number of benzene rings is 1. The molecule has 0 aliphatic carbocycles. The van der Waals surface area contributed by atoms with Gasteiger partial charge in [0.15, 0.2) is 0 Å². The first-order valence-corrected chi connectivity index (χ1v) is 8.68. The van der Waals surface area contributed by atoms with Crippen molar-refractivity contribution in [1.82, 2.24) is 10.6 Å². The van der Waals surface area contributed by atoms with E-state index in [4.69, 9.17) is 4.74 Å². The van der Waals surface area contributed by atoms with Crippen LogP contribution in [0.3, 0.4) is 0 Å². The smallest absolute Gasteiger partial charge is 0.309 e. The van der Waals surface area contributed by atoms with Crippen molar-refractivity contribution in [3.63, 3.8) is 0 Å². The largest absolute Gasteiger partial charge is 0.372 e. The number of carbonyl (C=O) groups excluding carboxylic acids is 2. The van der Waals surface area contributed by atoms with E-state index in [0.717, 1.165) is 10.4 Å². The highest BCUT2D eigenvalue weighted by molar-refractivity contribution is 7.09. The topological polar surface area (TPSA) is 67.4 Å². The molecule has 0 saturated carbocycles. The van der Waals surface area contributed by atoms with Crippen LogP contribution < -0.4 is 10.6 Å². The molecule has 0 radical (unpaired) electrons. The van der Waals surface area contributed by atoms with Crippen molar-refractivity contribution in [2.75, 3.05) is 13.7 Å². The molecule has 1 heterocycles. The molecule has 0 bridgehead atoms. The van der Waals surface area contributed by atoms with Gasteiger partial charge in [-0.1, -0.05) is 43.3 Å². The Hall–Kier alpha value is -2.18. The molecular formula is C18H22N2O3S. The number of thiophene rings is 1. The standard InChI is InChI=1S/C18H22N2O3S/c1-3-18(23-2,14-8-5-4-6-9-14)13-20-17(22)16(21)19-12-15-10-7-11-24-15/h4-11H,3,12-13H2,1-2H3,(H,19,21)(H,20,22)/t18-/m0/s1. The molecule has 1 aromatic heterocycles. The van der Waals surface area contributed by atoms with Gasteiger partial charge in [0.2, 0.25) is 0 Å². The van der Waals surface area contributed by atoms with Gasteiger partial charge < -0.3 is 15.4 Å². The Morgan fingerprint density at radius 1 is 1.08 bits per heavy atom. The fourth-order valence-corrected chi connectivity index (χ4v) is 3.12. The lowest BCUT2D eigenvalue weighted by Gasteiger charge is -2.32. The Morgan fingerprint density at radius 3 is 2.38 bits per heavy atom. The van der Waals surface area contributed by atoms with Crippen molar-refractivity contribution in [2.45, 2.75) is 25.5 Å². The molecule has 2 N–H and O–H groups in total. The van der Waals surface area contributed by atoms with E-state index in [0.29, 0.717) is 13.0 Å². The molecule has 1 atom stereocenters. The predicted octanol–water partition coefficient (Wildman–Crippen LogP) is 2.43. The van der Waals surface area contributed by atoms with Crippen molar-refractivity contribution in [3.8, 4) is 0 Å². The summed E-state index contributed by atoms with van der Waals surface area (Å²) < 4.78 is 5.68. The van der Waals surface area contributed by atoms with Crippen LogP contribution in [0, 0.1) is 0 Å². The van der Waals surface area contributed by atoms with Gasteiger partial charge in [-0.2, -0.15) is 0 Å². The van der Waals surface area contributed by atoms with Crippen LogP contribution in [-0.4, -0.2) is 25.5 Å². The minimum atomic E-state index is -0.655. The molecule has 0 aliphatic rings. The molecule has 0 saturated heterocycles. The van der Waals surface area contributed by atoms with E-state index in [2.05, 4.69) is 10.6 Å². The lowest BCUT2D eigenvalue weighted by atomic mass is 9.90. The van der Waals surface area contributed by atoms with Crippen LogP contribution in [0.15, 0.2) is 47.8 Å². The van der Waals surface area contributed by atoms with E-state index in [-0.39, 0.29) is 6.54 Å². The minimum Gasteiger partial charge on any atom is -0.372 e. The lowest BCUT2D eigenvalue weighted by Crippen LogP contribution is -2.46. The summed E-state index contributed by atoms with van der Waals surface area (Å²) in [5, 5.41) is 7.22. The molecule has 2 rings (SSSR count). The lowest BCUT2D eigenvalue weighted by molar-refractivity contribution is -0.140.